The first-order chi connectivity index (χ1) is 8.66. The van der Waals surface area contributed by atoms with Crippen molar-refractivity contribution in [2.24, 2.45) is 0 Å². The van der Waals surface area contributed by atoms with Gasteiger partial charge in [0, 0.05) is 11.4 Å². The van der Waals surface area contributed by atoms with Gasteiger partial charge in [-0.2, -0.15) is 0 Å². The summed E-state index contributed by atoms with van der Waals surface area (Å²) in [6.07, 6.45) is 7.72. The van der Waals surface area contributed by atoms with Crippen LogP contribution in [0.3, 0.4) is 0 Å². The Kier molecular flexibility index (Phi) is 4.72. The van der Waals surface area contributed by atoms with Crippen LogP contribution in [0.4, 0.5) is 0 Å². The van der Waals surface area contributed by atoms with Gasteiger partial charge in [0.05, 0.1) is 6.04 Å². The van der Waals surface area contributed by atoms with E-state index < -0.39 is 5.97 Å². The van der Waals surface area contributed by atoms with E-state index in [1.807, 2.05) is 0 Å². The summed E-state index contributed by atoms with van der Waals surface area (Å²) >= 11 is 1.43. The lowest BCUT2D eigenvalue weighted by Crippen LogP contribution is -2.31. The molecule has 2 rings (SSSR count). The van der Waals surface area contributed by atoms with E-state index in [9.17, 15) is 4.79 Å². The summed E-state index contributed by atoms with van der Waals surface area (Å²) in [4.78, 5) is 15.0. The number of carboxylic acid groups (broad SMARTS) is 1. The molecule has 0 amide bonds. The van der Waals surface area contributed by atoms with Crippen LogP contribution in [0.15, 0.2) is 5.38 Å². The topological polar surface area (TPSA) is 62.2 Å². The number of hydrogen-bond donors (Lipinski definition) is 2. The van der Waals surface area contributed by atoms with Gasteiger partial charge in [-0.15, -0.1) is 11.3 Å². The average Bonchev–Trinajstić information content (AvgIpc) is 2.70. The van der Waals surface area contributed by atoms with Gasteiger partial charge in [0.1, 0.15) is 5.01 Å². The number of rotatable bonds is 4. The normalized spacial score (nSPS) is 19.4. The molecular formula is C13H20N2O2S. The van der Waals surface area contributed by atoms with E-state index in [4.69, 9.17) is 5.11 Å². The van der Waals surface area contributed by atoms with E-state index in [2.05, 4.69) is 17.2 Å². The van der Waals surface area contributed by atoms with Crippen molar-refractivity contribution >= 4 is 17.3 Å². The van der Waals surface area contributed by atoms with E-state index >= 15 is 0 Å². The van der Waals surface area contributed by atoms with Gasteiger partial charge in [0.2, 0.25) is 0 Å². The Morgan fingerprint density at radius 2 is 2.11 bits per heavy atom. The van der Waals surface area contributed by atoms with Crippen molar-refractivity contribution in [3.63, 3.8) is 0 Å². The lowest BCUT2D eigenvalue weighted by Gasteiger charge is -2.20. The van der Waals surface area contributed by atoms with Crippen LogP contribution in [-0.2, 0) is 0 Å². The first-order valence-corrected chi connectivity index (χ1v) is 7.49. The molecular weight excluding hydrogens is 248 g/mol. The molecule has 1 atom stereocenters. The molecule has 1 saturated carbocycles. The fraction of sp³-hybridized carbons (Fsp3) is 0.692. The molecule has 1 aliphatic rings. The van der Waals surface area contributed by atoms with Gasteiger partial charge in [-0.1, -0.05) is 25.7 Å². The molecule has 0 spiro atoms. The Morgan fingerprint density at radius 3 is 2.67 bits per heavy atom. The second-order valence-corrected chi connectivity index (χ2v) is 5.84. The quantitative estimate of drug-likeness (QED) is 0.823. The van der Waals surface area contributed by atoms with Crippen molar-refractivity contribution < 1.29 is 9.90 Å². The number of nitrogens with zero attached hydrogens (tertiary/aromatic N) is 1. The van der Waals surface area contributed by atoms with Crippen LogP contribution < -0.4 is 5.32 Å². The third-order valence-corrected chi connectivity index (χ3v) is 4.48. The number of carboxylic acids is 1. The second-order valence-electron chi connectivity index (χ2n) is 4.95. The zero-order valence-corrected chi connectivity index (χ0v) is 11.5. The summed E-state index contributed by atoms with van der Waals surface area (Å²) in [6.45, 7) is 2.06. The monoisotopic (exact) mass is 268 g/mol. The van der Waals surface area contributed by atoms with Crippen molar-refractivity contribution in [3.05, 3.63) is 16.1 Å². The molecule has 0 saturated heterocycles. The molecule has 0 aromatic carbocycles. The van der Waals surface area contributed by atoms with Gasteiger partial charge < -0.3 is 10.4 Å². The lowest BCUT2D eigenvalue weighted by atomic mass is 10.1. The molecule has 1 heterocycles. The molecule has 0 aliphatic heterocycles. The van der Waals surface area contributed by atoms with Crippen LogP contribution >= 0.6 is 11.3 Å². The molecule has 5 heteroatoms. The minimum Gasteiger partial charge on any atom is -0.476 e. The summed E-state index contributed by atoms with van der Waals surface area (Å²) in [5, 5.41) is 14.9. The summed E-state index contributed by atoms with van der Waals surface area (Å²) in [7, 11) is 0. The van der Waals surface area contributed by atoms with Crippen LogP contribution in [0.25, 0.3) is 0 Å². The minimum atomic E-state index is -0.945. The van der Waals surface area contributed by atoms with Gasteiger partial charge in [-0.3, -0.25) is 0 Å². The molecule has 1 aliphatic carbocycles. The van der Waals surface area contributed by atoms with Gasteiger partial charge in [0.15, 0.2) is 5.69 Å². The van der Waals surface area contributed by atoms with Crippen LogP contribution in [0.2, 0.25) is 0 Å². The second kappa shape index (κ2) is 6.29. The number of carbonyl (C=O) groups is 1. The maximum Gasteiger partial charge on any atom is 0.355 e. The first kappa shape index (κ1) is 13.5. The predicted molar refractivity (Wildman–Crippen MR) is 72.1 cm³/mol. The zero-order chi connectivity index (χ0) is 13.0. The average molecular weight is 268 g/mol. The number of hydrogen-bond acceptors (Lipinski definition) is 4. The number of thiazole rings is 1. The molecule has 100 valence electrons. The summed E-state index contributed by atoms with van der Waals surface area (Å²) in [5.74, 6) is -0.945. The molecule has 2 N–H and O–H groups in total. The van der Waals surface area contributed by atoms with Gasteiger partial charge in [-0.05, 0) is 19.8 Å². The Morgan fingerprint density at radius 1 is 1.44 bits per heavy atom. The number of aromatic nitrogens is 1. The fourth-order valence-electron chi connectivity index (χ4n) is 2.46. The molecule has 1 aromatic rings. The van der Waals surface area contributed by atoms with E-state index in [1.165, 1.54) is 49.9 Å². The van der Waals surface area contributed by atoms with Crippen molar-refractivity contribution in [1.82, 2.24) is 10.3 Å². The predicted octanol–water partition coefficient (Wildman–Crippen LogP) is 3.21. The molecule has 1 aromatic heterocycles. The van der Waals surface area contributed by atoms with Crippen LogP contribution in [0, 0.1) is 0 Å². The maximum atomic E-state index is 10.8. The highest BCUT2D eigenvalue weighted by atomic mass is 32.1. The van der Waals surface area contributed by atoms with Gasteiger partial charge in [-0.25, -0.2) is 9.78 Å². The minimum absolute atomic E-state index is 0.145. The third kappa shape index (κ3) is 3.53. The van der Waals surface area contributed by atoms with Crippen molar-refractivity contribution in [2.45, 2.75) is 57.5 Å². The standard InChI is InChI=1S/C13H20N2O2S/c1-9(12-15-11(8-18-12)13(16)17)14-10-6-4-2-3-5-7-10/h8-10,14H,2-7H2,1H3,(H,16,17). The Bertz CT molecular complexity index is 397. The summed E-state index contributed by atoms with van der Waals surface area (Å²) < 4.78 is 0. The lowest BCUT2D eigenvalue weighted by molar-refractivity contribution is 0.0691. The van der Waals surface area contributed by atoms with E-state index in [-0.39, 0.29) is 11.7 Å². The fourth-order valence-corrected chi connectivity index (χ4v) is 3.26. The highest BCUT2D eigenvalue weighted by Gasteiger charge is 2.18. The Hall–Kier alpha value is -0.940. The van der Waals surface area contributed by atoms with Crippen LogP contribution in [0.5, 0.6) is 0 Å². The molecule has 18 heavy (non-hydrogen) atoms. The number of aromatic carboxylic acids is 1. The Labute approximate surface area is 111 Å². The molecule has 0 radical (unpaired) electrons. The zero-order valence-electron chi connectivity index (χ0n) is 10.7. The molecule has 1 unspecified atom stereocenters. The Balaban J connectivity index is 1.93. The highest BCUT2D eigenvalue weighted by molar-refractivity contribution is 7.09. The van der Waals surface area contributed by atoms with E-state index in [0.717, 1.165) is 5.01 Å². The summed E-state index contributed by atoms with van der Waals surface area (Å²) in [5.41, 5.74) is 0.157. The van der Waals surface area contributed by atoms with Gasteiger partial charge >= 0.3 is 5.97 Å². The molecule has 4 nitrogen and oxygen atoms in total. The van der Waals surface area contributed by atoms with Gasteiger partial charge in [0.25, 0.3) is 0 Å². The van der Waals surface area contributed by atoms with Crippen molar-refractivity contribution in [2.75, 3.05) is 0 Å². The van der Waals surface area contributed by atoms with Crippen LogP contribution in [0.1, 0.15) is 67.0 Å². The third-order valence-electron chi connectivity index (χ3n) is 3.45. The smallest absolute Gasteiger partial charge is 0.355 e. The largest absolute Gasteiger partial charge is 0.476 e. The first-order valence-electron chi connectivity index (χ1n) is 6.61. The SMILES string of the molecule is CC(NC1CCCCCC1)c1nc(C(=O)O)cs1. The van der Waals surface area contributed by atoms with E-state index in [0.29, 0.717) is 6.04 Å². The molecule has 1 fully saturated rings. The molecule has 0 bridgehead atoms. The van der Waals surface area contributed by atoms with Crippen LogP contribution in [-0.4, -0.2) is 22.1 Å². The van der Waals surface area contributed by atoms with E-state index in [1.54, 1.807) is 5.38 Å². The van der Waals surface area contributed by atoms with Crippen molar-refractivity contribution in [3.8, 4) is 0 Å². The maximum absolute atomic E-state index is 10.8. The summed E-state index contributed by atoms with van der Waals surface area (Å²) in [6, 6.07) is 0.700. The van der Waals surface area contributed by atoms with Crippen molar-refractivity contribution in [1.29, 1.82) is 0 Å². The highest BCUT2D eigenvalue weighted by Crippen LogP contribution is 2.23. The number of nitrogens with one attached hydrogen (secondary N) is 1.